The fourth-order valence-corrected chi connectivity index (χ4v) is 4.28. The summed E-state index contributed by atoms with van der Waals surface area (Å²) in [6, 6.07) is 6.78. The highest BCUT2D eigenvalue weighted by Crippen LogP contribution is 2.32. The van der Waals surface area contributed by atoms with E-state index < -0.39 is 55.9 Å². The Kier molecular flexibility index (Phi) is 8.01. The molecule has 2 amide bonds. The SMILES string of the molecule is CCS(=O)(=O)c1ccc(CC(=O)Nc2cc(F)c(C(C)(C)C(=O)Nc3ccc(F)cc3F)c(F)c2)nc1. The van der Waals surface area contributed by atoms with Gasteiger partial charge in [0.2, 0.25) is 11.8 Å². The summed E-state index contributed by atoms with van der Waals surface area (Å²) in [5, 5.41) is 4.52. The van der Waals surface area contributed by atoms with Crippen molar-refractivity contribution in [3.63, 3.8) is 0 Å². The Balaban J connectivity index is 1.75. The summed E-state index contributed by atoms with van der Waals surface area (Å²) in [5.74, 6) is -5.92. The topological polar surface area (TPSA) is 105 Å². The second-order valence-corrected chi connectivity index (χ2v) is 10.9. The molecule has 1 aromatic heterocycles. The van der Waals surface area contributed by atoms with Crippen molar-refractivity contribution in [3.05, 3.63) is 83.2 Å². The fraction of sp³-hybridized carbons (Fsp3) is 0.240. The van der Waals surface area contributed by atoms with Crippen LogP contribution in [0.15, 0.2) is 53.6 Å². The molecule has 0 aliphatic carbocycles. The largest absolute Gasteiger partial charge is 0.326 e. The van der Waals surface area contributed by atoms with Gasteiger partial charge in [-0.05, 0) is 50.2 Å². The predicted octanol–water partition coefficient (Wildman–Crippen LogP) is 4.53. The Bertz CT molecular complexity index is 1440. The van der Waals surface area contributed by atoms with Crippen LogP contribution in [0.1, 0.15) is 32.0 Å². The van der Waals surface area contributed by atoms with E-state index in [1.54, 1.807) is 0 Å². The maximum Gasteiger partial charge on any atom is 0.234 e. The van der Waals surface area contributed by atoms with Gasteiger partial charge in [-0.2, -0.15) is 0 Å². The molecule has 0 bridgehead atoms. The summed E-state index contributed by atoms with van der Waals surface area (Å²) in [6.45, 7) is 3.92. The number of carbonyl (C=O) groups is 2. The lowest BCUT2D eigenvalue weighted by Gasteiger charge is -2.25. The van der Waals surface area contributed by atoms with E-state index in [1.807, 2.05) is 0 Å². The second-order valence-electron chi connectivity index (χ2n) is 8.63. The first-order chi connectivity index (χ1) is 17.2. The minimum Gasteiger partial charge on any atom is -0.326 e. The van der Waals surface area contributed by atoms with Crippen molar-refractivity contribution in [2.45, 2.75) is 37.5 Å². The summed E-state index contributed by atoms with van der Waals surface area (Å²) in [6.07, 6.45) is 0.828. The molecule has 2 aromatic carbocycles. The van der Waals surface area contributed by atoms with Gasteiger partial charge in [-0.1, -0.05) is 6.92 Å². The van der Waals surface area contributed by atoms with Crippen LogP contribution in [-0.4, -0.2) is 31.0 Å². The van der Waals surface area contributed by atoms with Gasteiger partial charge in [-0.25, -0.2) is 26.0 Å². The van der Waals surface area contributed by atoms with Gasteiger partial charge in [0.15, 0.2) is 9.84 Å². The predicted molar refractivity (Wildman–Crippen MR) is 129 cm³/mol. The van der Waals surface area contributed by atoms with Crippen molar-refractivity contribution >= 4 is 33.0 Å². The maximum absolute atomic E-state index is 14.9. The van der Waals surface area contributed by atoms with Crippen LogP contribution in [0.4, 0.5) is 28.9 Å². The molecule has 3 rings (SSSR count). The number of pyridine rings is 1. The Hall–Kier alpha value is -3.80. The summed E-state index contributed by atoms with van der Waals surface area (Å²) in [4.78, 5) is 29.0. The lowest BCUT2D eigenvalue weighted by atomic mass is 9.82. The van der Waals surface area contributed by atoms with Crippen molar-refractivity contribution in [2.75, 3.05) is 16.4 Å². The van der Waals surface area contributed by atoms with Gasteiger partial charge in [-0.15, -0.1) is 0 Å². The van der Waals surface area contributed by atoms with Gasteiger partial charge in [0.05, 0.1) is 28.2 Å². The molecule has 2 N–H and O–H groups in total. The van der Waals surface area contributed by atoms with E-state index in [-0.39, 0.29) is 34.1 Å². The van der Waals surface area contributed by atoms with Crippen LogP contribution in [0.2, 0.25) is 0 Å². The molecule has 0 unspecified atom stereocenters. The van der Waals surface area contributed by atoms with Crippen LogP contribution in [0.5, 0.6) is 0 Å². The quantitative estimate of drug-likeness (QED) is 0.411. The van der Waals surface area contributed by atoms with E-state index in [0.29, 0.717) is 6.07 Å². The standard InChI is InChI=1S/C25H23F4N3O4S/c1-4-37(35,36)17-7-6-15(30-13-17)12-22(33)31-16-10-19(28)23(20(29)11-16)25(2,3)24(34)32-21-8-5-14(26)9-18(21)27/h5-11,13H,4,12H2,1-3H3,(H,31,33)(H,32,34). The molecular weight excluding hydrogens is 514 g/mol. The summed E-state index contributed by atoms with van der Waals surface area (Å²) in [5.41, 5.74) is -2.80. The third-order valence-electron chi connectivity index (χ3n) is 5.58. The van der Waals surface area contributed by atoms with E-state index in [4.69, 9.17) is 0 Å². The Morgan fingerprint density at radius 2 is 1.57 bits per heavy atom. The Morgan fingerprint density at radius 3 is 2.11 bits per heavy atom. The number of carbonyl (C=O) groups excluding carboxylic acids is 2. The summed E-state index contributed by atoms with van der Waals surface area (Å²) < 4.78 is 80.6. The first-order valence-corrected chi connectivity index (χ1v) is 12.6. The van der Waals surface area contributed by atoms with Crippen molar-refractivity contribution in [2.24, 2.45) is 0 Å². The Labute approximate surface area is 210 Å². The number of halogens is 4. The van der Waals surface area contributed by atoms with E-state index in [1.165, 1.54) is 32.9 Å². The van der Waals surface area contributed by atoms with Crippen molar-refractivity contribution < 1.29 is 35.6 Å². The summed E-state index contributed by atoms with van der Waals surface area (Å²) in [7, 11) is -3.45. The molecule has 0 atom stereocenters. The number of anilines is 2. The molecule has 37 heavy (non-hydrogen) atoms. The van der Waals surface area contributed by atoms with Crippen LogP contribution < -0.4 is 10.6 Å². The number of nitrogens with one attached hydrogen (secondary N) is 2. The van der Waals surface area contributed by atoms with Crippen molar-refractivity contribution in [3.8, 4) is 0 Å². The van der Waals surface area contributed by atoms with Gasteiger partial charge in [0.1, 0.15) is 23.3 Å². The van der Waals surface area contributed by atoms with Gasteiger partial charge in [0, 0.05) is 29.2 Å². The van der Waals surface area contributed by atoms with E-state index in [2.05, 4.69) is 15.6 Å². The van der Waals surface area contributed by atoms with E-state index in [0.717, 1.165) is 30.5 Å². The molecular formula is C25H23F4N3O4S. The van der Waals surface area contributed by atoms with E-state index >= 15 is 0 Å². The van der Waals surface area contributed by atoms with Crippen LogP contribution >= 0.6 is 0 Å². The zero-order valence-corrected chi connectivity index (χ0v) is 20.8. The number of hydrogen-bond donors (Lipinski definition) is 2. The van der Waals surface area contributed by atoms with Crippen LogP contribution in [-0.2, 0) is 31.3 Å². The van der Waals surface area contributed by atoms with Gasteiger partial charge < -0.3 is 10.6 Å². The molecule has 0 spiro atoms. The van der Waals surface area contributed by atoms with Crippen molar-refractivity contribution in [1.82, 2.24) is 4.98 Å². The normalized spacial score (nSPS) is 11.8. The number of sulfone groups is 1. The first kappa shape index (κ1) is 27.8. The average molecular weight is 538 g/mol. The molecule has 0 fully saturated rings. The van der Waals surface area contributed by atoms with Crippen molar-refractivity contribution in [1.29, 1.82) is 0 Å². The lowest BCUT2D eigenvalue weighted by Crippen LogP contribution is -2.36. The van der Waals surface area contributed by atoms with Crippen LogP contribution in [0.3, 0.4) is 0 Å². The monoisotopic (exact) mass is 537 g/mol. The smallest absolute Gasteiger partial charge is 0.234 e. The van der Waals surface area contributed by atoms with Gasteiger partial charge >= 0.3 is 0 Å². The molecule has 0 radical (unpaired) electrons. The van der Waals surface area contributed by atoms with Gasteiger partial charge in [-0.3, -0.25) is 14.6 Å². The molecule has 196 valence electrons. The molecule has 7 nitrogen and oxygen atoms in total. The number of benzene rings is 2. The average Bonchev–Trinajstić information content (AvgIpc) is 2.80. The fourth-order valence-electron chi connectivity index (χ4n) is 3.46. The molecule has 0 saturated heterocycles. The summed E-state index contributed by atoms with van der Waals surface area (Å²) >= 11 is 0. The number of amides is 2. The molecule has 3 aromatic rings. The lowest BCUT2D eigenvalue weighted by molar-refractivity contribution is -0.120. The first-order valence-electron chi connectivity index (χ1n) is 11.0. The van der Waals surface area contributed by atoms with Crippen LogP contribution in [0, 0.1) is 23.3 Å². The molecule has 12 heteroatoms. The highest BCUT2D eigenvalue weighted by molar-refractivity contribution is 7.91. The van der Waals surface area contributed by atoms with Gasteiger partial charge in [0.25, 0.3) is 0 Å². The minimum atomic E-state index is -3.45. The number of nitrogens with zero attached hydrogens (tertiary/aromatic N) is 1. The zero-order chi connectivity index (χ0) is 27.5. The molecule has 1 heterocycles. The maximum atomic E-state index is 14.9. The third kappa shape index (κ3) is 6.31. The van der Waals surface area contributed by atoms with Crippen LogP contribution in [0.25, 0.3) is 0 Å². The second kappa shape index (κ2) is 10.7. The molecule has 0 saturated carbocycles. The van der Waals surface area contributed by atoms with E-state index in [9.17, 15) is 35.6 Å². The highest BCUT2D eigenvalue weighted by atomic mass is 32.2. The highest BCUT2D eigenvalue weighted by Gasteiger charge is 2.36. The zero-order valence-electron chi connectivity index (χ0n) is 20.0. The minimum absolute atomic E-state index is 0.00714. The molecule has 0 aliphatic rings. The third-order valence-corrected chi connectivity index (χ3v) is 7.30. The molecule has 0 aliphatic heterocycles. The number of hydrogen-bond acceptors (Lipinski definition) is 5. The number of aromatic nitrogens is 1. The Morgan fingerprint density at radius 1 is 0.919 bits per heavy atom. The number of rotatable bonds is 8.